The van der Waals surface area contributed by atoms with Gasteiger partial charge in [0.25, 0.3) is 0 Å². The lowest BCUT2D eigenvalue weighted by molar-refractivity contribution is 0.473. The van der Waals surface area contributed by atoms with Gasteiger partial charge in [-0.3, -0.25) is 0 Å². The Kier molecular flexibility index (Phi) is 4.04. The Balaban J connectivity index is 2.44. The molecule has 0 bridgehead atoms. The molecule has 2 rings (SSSR count). The Morgan fingerprint density at radius 2 is 1.63 bits per heavy atom. The molecule has 0 N–H and O–H groups in total. The van der Waals surface area contributed by atoms with Gasteiger partial charge in [0.1, 0.15) is 16.5 Å². The zero-order valence-corrected chi connectivity index (χ0v) is 12.3. The summed E-state index contributed by atoms with van der Waals surface area (Å²) in [6.45, 7) is 0. The Morgan fingerprint density at radius 1 is 1.00 bits per heavy atom. The van der Waals surface area contributed by atoms with Gasteiger partial charge in [-0.05, 0) is 46.9 Å². The Bertz CT molecular complexity index is 702. The number of halogens is 3. The molecule has 0 aliphatic heterocycles. The maximum absolute atomic E-state index is 13.8. The third kappa shape index (κ3) is 3.03. The summed E-state index contributed by atoms with van der Waals surface area (Å²) in [5, 5.41) is 0. The van der Waals surface area contributed by atoms with E-state index in [1.807, 2.05) is 0 Å². The molecule has 19 heavy (non-hydrogen) atoms. The van der Waals surface area contributed by atoms with E-state index in [9.17, 15) is 17.2 Å². The van der Waals surface area contributed by atoms with E-state index in [1.54, 1.807) is 18.2 Å². The number of rotatable bonds is 3. The third-order valence-electron chi connectivity index (χ3n) is 2.22. The van der Waals surface area contributed by atoms with E-state index in [0.717, 1.165) is 12.1 Å². The van der Waals surface area contributed by atoms with Gasteiger partial charge in [-0.1, -0.05) is 18.2 Å². The largest absolute Gasteiger partial charge is 0.379 e. The third-order valence-corrected chi connectivity index (χ3v) is 4.47. The summed E-state index contributed by atoms with van der Waals surface area (Å²) >= 11 is 1.40. The fourth-order valence-electron chi connectivity index (χ4n) is 1.35. The van der Waals surface area contributed by atoms with Gasteiger partial charge in [0.2, 0.25) is 0 Å². The van der Waals surface area contributed by atoms with E-state index in [0.29, 0.717) is 0 Å². The molecule has 0 aliphatic carbocycles. The lowest BCUT2D eigenvalue weighted by Gasteiger charge is -2.08. The summed E-state index contributed by atoms with van der Waals surface area (Å²) in [5.74, 6) is -1.92. The van der Waals surface area contributed by atoms with Crippen LogP contribution in [-0.2, 0) is 10.1 Å². The maximum Gasteiger partial charge on any atom is 0.342 e. The second kappa shape index (κ2) is 5.41. The topological polar surface area (TPSA) is 43.4 Å². The fraction of sp³-hybridized carbons (Fsp3) is 0. The van der Waals surface area contributed by atoms with Crippen LogP contribution in [0.1, 0.15) is 0 Å². The Labute approximate surface area is 122 Å². The number of benzene rings is 2. The van der Waals surface area contributed by atoms with Gasteiger partial charge in [0.15, 0.2) is 5.82 Å². The van der Waals surface area contributed by atoms with Gasteiger partial charge in [-0.15, -0.1) is 0 Å². The van der Waals surface area contributed by atoms with E-state index >= 15 is 0 Å². The Morgan fingerprint density at radius 3 is 2.26 bits per heavy atom. The highest BCUT2D eigenvalue weighted by atomic mass is 127. The Hall–Kier alpha value is -1.22. The minimum Gasteiger partial charge on any atom is -0.379 e. The minimum absolute atomic E-state index is 0.0567. The van der Waals surface area contributed by atoms with Gasteiger partial charge in [0.05, 0.1) is 3.57 Å². The summed E-state index contributed by atoms with van der Waals surface area (Å²) in [4.78, 5) is -0.692. The first kappa shape index (κ1) is 14.2. The van der Waals surface area contributed by atoms with Gasteiger partial charge < -0.3 is 4.18 Å². The van der Waals surface area contributed by atoms with Gasteiger partial charge in [-0.2, -0.15) is 8.42 Å². The standard InChI is InChI=1S/C12H7F2IO3S/c13-9-6-7-10(11(14)12(9)15)19(16,17)18-8-4-2-1-3-5-8/h1-7H. The molecule has 0 radical (unpaired) electrons. The SMILES string of the molecule is O=S(=O)(Oc1ccccc1)c1ccc(F)c(I)c1F. The number of para-hydroxylation sites is 1. The summed E-state index contributed by atoms with van der Waals surface area (Å²) in [5.41, 5.74) is 0. The molecule has 0 saturated carbocycles. The molecule has 100 valence electrons. The van der Waals surface area contributed by atoms with Crippen molar-refractivity contribution in [3.63, 3.8) is 0 Å². The van der Waals surface area contributed by atoms with Gasteiger partial charge in [0, 0.05) is 0 Å². The molecule has 7 heteroatoms. The normalized spacial score (nSPS) is 11.3. The summed E-state index contributed by atoms with van der Waals surface area (Å²) in [6, 6.07) is 9.40. The molecule has 2 aromatic rings. The first-order valence-corrected chi connectivity index (χ1v) is 7.53. The van der Waals surface area contributed by atoms with Crippen LogP contribution in [0.25, 0.3) is 0 Å². The van der Waals surface area contributed by atoms with E-state index < -0.39 is 30.2 Å². The second-order valence-electron chi connectivity index (χ2n) is 3.52. The fourth-order valence-corrected chi connectivity index (χ4v) is 3.01. The van der Waals surface area contributed by atoms with Crippen LogP contribution in [0.3, 0.4) is 0 Å². The van der Waals surface area contributed by atoms with Crippen LogP contribution in [0.2, 0.25) is 0 Å². The molecule has 0 amide bonds. The van der Waals surface area contributed by atoms with Crippen molar-refractivity contribution in [3.05, 3.63) is 57.7 Å². The van der Waals surface area contributed by atoms with Crippen molar-refractivity contribution in [2.75, 3.05) is 0 Å². The van der Waals surface area contributed by atoms with Crippen LogP contribution in [0.15, 0.2) is 47.4 Å². The van der Waals surface area contributed by atoms with Crippen LogP contribution in [0.4, 0.5) is 8.78 Å². The molecular weight excluding hydrogens is 389 g/mol. The molecule has 0 unspecified atom stereocenters. The van der Waals surface area contributed by atoms with Crippen molar-refractivity contribution >= 4 is 32.7 Å². The molecule has 0 atom stereocenters. The lowest BCUT2D eigenvalue weighted by Crippen LogP contribution is -2.13. The highest BCUT2D eigenvalue weighted by molar-refractivity contribution is 14.1. The smallest absolute Gasteiger partial charge is 0.342 e. The van der Waals surface area contributed by atoms with Crippen LogP contribution in [0.5, 0.6) is 5.75 Å². The molecule has 3 nitrogen and oxygen atoms in total. The maximum atomic E-state index is 13.8. The quantitative estimate of drug-likeness (QED) is 0.454. The van der Waals surface area contributed by atoms with Crippen LogP contribution < -0.4 is 4.18 Å². The highest BCUT2D eigenvalue weighted by Crippen LogP contribution is 2.25. The predicted molar refractivity (Wildman–Crippen MR) is 73.3 cm³/mol. The molecule has 0 aliphatic rings. The molecule has 0 aromatic heterocycles. The molecule has 0 fully saturated rings. The average Bonchev–Trinajstić information content (AvgIpc) is 2.36. The summed E-state index contributed by atoms with van der Waals surface area (Å²) < 4.78 is 55.0. The van der Waals surface area contributed by atoms with Crippen molar-refractivity contribution in [3.8, 4) is 5.75 Å². The molecular formula is C12H7F2IO3S. The first-order chi connectivity index (χ1) is 8.92. The predicted octanol–water partition coefficient (Wildman–Crippen LogP) is 3.34. The summed E-state index contributed by atoms with van der Waals surface area (Å²) in [6.07, 6.45) is 0. The zero-order chi connectivity index (χ0) is 14.0. The molecule has 2 aromatic carbocycles. The first-order valence-electron chi connectivity index (χ1n) is 5.05. The average molecular weight is 396 g/mol. The number of hydrogen-bond acceptors (Lipinski definition) is 3. The van der Waals surface area contributed by atoms with Crippen LogP contribution >= 0.6 is 22.6 Å². The van der Waals surface area contributed by atoms with Crippen molar-refractivity contribution in [2.24, 2.45) is 0 Å². The van der Waals surface area contributed by atoms with E-state index in [1.165, 1.54) is 34.7 Å². The summed E-state index contributed by atoms with van der Waals surface area (Å²) in [7, 11) is -4.33. The monoisotopic (exact) mass is 396 g/mol. The second-order valence-corrected chi connectivity index (χ2v) is 6.12. The lowest BCUT2D eigenvalue weighted by atomic mass is 10.3. The van der Waals surface area contributed by atoms with E-state index in [4.69, 9.17) is 4.18 Å². The number of hydrogen-bond donors (Lipinski definition) is 0. The van der Waals surface area contributed by atoms with Crippen LogP contribution in [0, 0.1) is 15.2 Å². The van der Waals surface area contributed by atoms with Gasteiger partial charge >= 0.3 is 10.1 Å². The van der Waals surface area contributed by atoms with Crippen LogP contribution in [-0.4, -0.2) is 8.42 Å². The van der Waals surface area contributed by atoms with Crippen molar-refractivity contribution < 1.29 is 21.4 Å². The van der Waals surface area contributed by atoms with E-state index in [-0.39, 0.29) is 5.75 Å². The zero-order valence-electron chi connectivity index (χ0n) is 9.31. The van der Waals surface area contributed by atoms with Crippen molar-refractivity contribution in [1.29, 1.82) is 0 Å². The molecule has 0 saturated heterocycles. The minimum atomic E-state index is -4.33. The molecule has 0 spiro atoms. The van der Waals surface area contributed by atoms with E-state index in [2.05, 4.69) is 0 Å². The molecule has 0 heterocycles. The van der Waals surface area contributed by atoms with Gasteiger partial charge in [-0.25, -0.2) is 8.78 Å². The highest BCUT2D eigenvalue weighted by Gasteiger charge is 2.24. The van der Waals surface area contributed by atoms with Crippen molar-refractivity contribution in [1.82, 2.24) is 0 Å². The van der Waals surface area contributed by atoms with Crippen molar-refractivity contribution in [2.45, 2.75) is 4.90 Å².